The fourth-order valence-electron chi connectivity index (χ4n) is 3.61. The molecular formula is C20H24N4OS. The Kier molecular flexibility index (Phi) is 5.04. The van der Waals surface area contributed by atoms with E-state index in [1.165, 1.54) is 28.8 Å². The van der Waals surface area contributed by atoms with Crippen molar-refractivity contribution in [3.05, 3.63) is 52.3 Å². The molecule has 4 rings (SSSR count). The zero-order valence-corrected chi connectivity index (χ0v) is 15.9. The van der Waals surface area contributed by atoms with Gasteiger partial charge >= 0.3 is 0 Å². The van der Waals surface area contributed by atoms with E-state index in [2.05, 4.69) is 33.2 Å². The number of hydrogen-bond acceptors (Lipinski definition) is 4. The number of rotatable bonds is 5. The van der Waals surface area contributed by atoms with Crippen LogP contribution in [0.25, 0.3) is 10.2 Å². The fraction of sp³-hybridized carbons (Fsp3) is 0.400. The molecule has 1 aliphatic heterocycles. The monoisotopic (exact) mass is 368 g/mol. The van der Waals surface area contributed by atoms with Gasteiger partial charge in [0.05, 0.1) is 10.2 Å². The van der Waals surface area contributed by atoms with Crippen molar-refractivity contribution in [2.75, 3.05) is 13.1 Å². The molecule has 3 aromatic rings. The number of nitrogens with one attached hydrogen (secondary N) is 2. The third-order valence-electron chi connectivity index (χ3n) is 4.92. The van der Waals surface area contributed by atoms with Gasteiger partial charge in [-0.3, -0.25) is 14.7 Å². The van der Waals surface area contributed by atoms with Crippen molar-refractivity contribution in [1.82, 2.24) is 20.2 Å². The van der Waals surface area contributed by atoms with Gasteiger partial charge in [0, 0.05) is 35.9 Å². The van der Waals surface area contributed by atoms with E-state index in [4.69, 9.17) is 0 Å². The number of aryl methyl sites for hydroxylation is 1. The molecule has 136 valence electrons. The molecule has 1 aliphatic rings. The van der Waals surface area contributed by atoms with Crippen LogP contribution in [0.3, 0.4) is 0 Å². The molecule has 3 aromatic heterocycles. The second-order valence-corrected chi connectivity index (χ2v) is 8.22. The van der Waals surface area contributed by atoms with E-state index in [1.54, 1.807) is 23.7 Å². The lowest BCUT2D eigenvalue weighted by atomic mass is 10.1. The highest BCUT2D eigenvalue weighted by Crippen LogP contribution is 2.32. The molecule has 0 aliphatic carbocycles. The van der Waals surface area contributed by atoms with Crippen molar-refractivity contribution < 1.29 is 4.79 Å². The molecule has 0 spiro atoms. The minimum absolute atomic E-state index is 0.0399. The van der Waals surface area contributed by atoms with Crippen LogP contribution in [0.15, 0.2) is 30.6 Å². The van der Waals surface area contributed by atoms with Crippen LogP contribution in [-0.4, -0.2) is 33.9 Å². The highest BCUT2D eigenvalue weighted by atomic mass is 32.1. The number of likely N-dealkylation sites (tertiary alicyclic amines) is 1. The van der Waals surface area contributed by atoms with Crippen LogP contribution in [0.2, 0.25) is 0 Å². The predicted octanol–water partition coefficient (Wildman–Crippen LogP) is 3.85. The van der Waals surface area contributed by atoms with E-state index in [-0.39, 0.29) is 5.91 Å². The van der Waals surface area contributed by atoms with E-state index in [0.717, 1.165) is 36.3 Å². The smallest absolute Gasteiger partial charge is 0.268 e. The van der Waals surface area contributed by atoms with Gasteiger partial charge in [0.2, 0.25) is 0 Å². The lowest BCUT2D eigenvalue weighted by Crippen LogP contribution is -2.31. The number of pyridine rings is 1. The highest BCUT2D eigenvalue weighted by molar-refractivity contribution is 7.19. The van der Waals surface area contributed by atoms with Crippen LogP contribution in [0.1, 0.15) is 45.8 Å². The molecular weight excluding hydrogens is 344 g/mol. The highest BCUT2D eigenvalue weighted by Gasteiger charge is 2.22. The van der Waals surface area contributed by atoms with E-state index in [1.807, 2.05) is 12.1 Å². The number of fused-ring (bicyclic) bond motifs is 1. The van der Waals surface area contributed by atoms with E-state index < -0.39 is 0 Å². The Balaban J connectivity index is 1.57. The van der Waals surface area contributed by atoms with Gasteiger partial charge in [0.25, 0.3) is 5.91 Å². The van der Waals surface area contributed by atoms with Crippen molar-refractivity contribution in [2.45, 2.75) is 39.3 Å². The SMILES string of the molecule is Cc1cc2[nH]c(C(=O)NCc3cccnc3)c(CN3CCCCC3)c2s1. The average Bonchev–Trinajstić information content (AvgIpc) is 3.19. The van der Waals surface area contributed by atoms with Crippen LogP contribution in [0.4, 0.5) is 0 Å². The third-order valence-corrected chi connectivity index (χ3v) is 6.03. The van der Waals surface area contributed by atoms with Gasteiger partial charge in [-0.25, -0.2) is 0 Å². The zero-order chi connectivity index (χ0) is 17.9. The first-order valence-corrected chi connectivity index (χ1v) is 10.0. The summed E-state index contributed by atoms with van der Waals surface area (Å²) >= 11 is 1.77. The average molecular weight is 369 g/mol. The molecule has 4 heterocycles. The molecule has 0 aromatic carbocycles. The number of H-pyrrole nitrogens is 1. The summed E-state index contributed by atoms with van der Waals surface area (Å²) in [6.45, 7) is 5.68. The molecule has 0 unspecified atom stereocenters. The van der Waals surface area contributed by atoms with Gasteiger partial charge in [-0.2, -0.15) is 0 Å². The van der Waals surface area contributed by atoms with Gasteiger partial charge in [0.1, 0.15) is 5.69 Å². The van der Waals surface area contributed by atoms with E-state index >= 15 is 0 Å². The molecule has 1 amide bonds. The maximum atomic E-state index is 12.9. The van der Waals surface area contributed by atoms with Crippen molar-refractivity contribution in [1.29, 1.82) is 0 Å². The molecule has 0 atom stereocenters. The number of nitrogens with zero attached hydrogens (tertiary/aromatic N) is 2. The Bertz CT molecular complexity index is 893. The summed E-state index contributed by atoms with van der Waals surface area (Å²) in [6.07, 6.45) is 7.34. The molecule has 0 bridgehead atoms. The Morgan fingerprint density at radius 1 is 1.35 bits per heavy atom. The van der Waals surface area contributed by atoms with Crippen LogP contribution in [-0.2, 0) is 13.1 Å². The number of aromatic nitrogens is 2. The normalized spacial score (nSPS) is 15.4. The van der Waals surface area contributed by atoms with Crippen molar-refractivity contribution in [3.63, 3.8) is 0 Å². The quantitative estimate of drug-likeness (QED) is 0.719. The molecule has 2 N–H and O–H groups in total. The first-order chi connectivity index (χ1) is 12.7. The van der Waals surface area contributed by atoms with Crippen molar-refractivity contribution in [2.24, 2.45) is 0 Å². The Labute approximate surface area is 157 Å². The number of aromatic amines is 1. The minimum Gasteiger partial charge on any atom is -0.350 e. The van der Waals surface area contributed by atoms with Crippen LogP contribution in [0.5, 0.6) is 0 Å². The lowest BCUT2D eigenvalue weighted by Gasteiger charge is -2.26. The third kappa shape index (κ3) is 3.66. The van der Waals surface area contributed by atoms with Crippen LogP contribution >= 0.6 is 11.3 Å². The maximum absolute atomic E-state index is 12.9. The Morgan fingerprint density at radius 2 is 2.19 bits per heavy atom. The molecule has 0 saturated carbocycles. The van der Waals surface area contributed by atoms with Crippen molar-refractivity contribution >= 4 is 27.5 Å². The van der Waals surface area contributed by atoms with Gasteiger partial charge in [0.15, 0.2) is 0 Å². The summed E-state index contributed by atoms with van der Waals surface area (Å²) in [7, 11) is 0. The zero-order valence-electron chi connectivity index (χ0n) is 15.0. The van der Waals surface area contributed by atoms with Crippen molar-refractivity contribution in [3.8, 4) is 0 Å². The van der Waals surface area contributed by atoms with Gasteiger partial charge < -0.3 is 10.3 Å². The van der Waals surface area contributed by atoms with Gasteiger partial charge in [-0.1, -0.05) is 12.5 Å². The molecule has 1 saturated heterocycles. The standard InChI is InChI=1S/C20H24N4OS/c1-14-10-17-19(26-14)16(13-24-8-3-2-4-9-24)18(23-17)20(25)22-12-15-6-5-7-21-11-15/h5-7,10-11,23H,2-4,8-9,12-13H2,1H3,(H,22,25). The minimum atomic E-state index is -0.0399. The maximum Gasteiger partial charge on any atom is 0.268 e. The summed E-state index contributed by atoms with van der Waals surface area (Å²) in [6, 6.07) is 5.99. The Hall–Kier alpha value is -2.18. The summed E-state index contributed by atoms with van der Waals surface area (Å²) in [5.74, 6) is -0.0399. The summed E-state index contributed by atoms with van der Waals surface area (Å²) in [5.41, 5.74) is 3.93. The lowest BCUT2D eigenvalue weighted by molar-refractivity contribution is 0.0944. The molecule has 1 fully saturated rings. The van der Waals surface area contributed by atoms with Gasteiger partial charge in [-0.15, -0.1) is 11.3 Å². The number of carbonyl (C=O) groups is 1. The second-order valence-electron chi connectivity index (χ2n) is 6.96. The van der Waals surface area contributed by atoms with Crippen LogP contribution < -0.4 is 5.32 Å². The number of amides is 1. The predicted molar refractivity (Wildman–Crippen MR) is 105 cm³/mol. The second kappa shape index (κ2) is 7.60. The van der Waals surface area contributed by atoms with Gasteiger partial charge in [-0.05, 0) is 50.6 Å². The topological polar surface area (TPSA) is 61.0 Å². The molecule has 26 heavy (non-hydrogen) atoms. The fourth-order valence-corrected chi connectivity index (χ4v) is 4.62. The first-order valence-electron chi connectivity index (χ1n) is 9.21. The molecule has 0 radical (unpaired) electrons. The van der Waals surface area contributed by atoms with Crippen LogP contribution in [0, 0.1) is 6.92 Å². The largest absolute Gasteiger partial charge is 0.350 e. The van der Waals surface area contributed by atoms with E-state index in [9.17, 15) is 4.79 Å². The number of thiophene rings is 1. The molecule has 5 nitrogen and oxygen atoms in total. The summed E-state index contributed by atoms with van der Waals surface area (Å²) < 4.78 is 1.22. The Morgan fingerprint density at radius 3 is 2.96 bits per heavy atom. The number of hydrogen-bond donors (Lipinski definition) is 2. The summed E-state index contributed by atoms with van der Waals surface area (Å²) in [4.78, 5) is 24.1. The van der Waals surface area contributed by atoms with E-state index in [0.29, 0.717) is 12.2 Å². The molecule has 6 heteroatoms. The number of carbonyl (C=O) groups excluding carboxylic acids is 1. The first kappa shape index (κ1) is 17.2. The summed E-state index contributed by atoms with van der Waals surface area (Å²) in [5, 5.41) is 3.03. The number of piperidine rings is 1.